The van der Waals surface area contributed by atoms with Crippen LogP contribution >= 0.6 is 0 Å². The Kier molecular flexibility index (Phi) is 9.30. The number of rotatable bonds is 11. The predicted octanol–water partition coefficient (Wildman–Crippen LogP) is 8.01. The molecule has 0 aliphatic heterocycles. The van der Waals surface area contributed by atoms with Gasteiger partial charge in [0.15, 0.2) is 0 Å². The van der Waals surface area contributed by atoms with Crippen LogP contribution in [0.5, 0.6) is 11.5 Å². The van der Waals surface area contributed by atoms with Gasteiger partial charge in [-0.1, -0.05) is 81.5 Å². The van der Waals surface area contributed by atoms with E-state index in [0.29, 0.717) is 36.0 Å². The van der Waals surface area contributed by atoms with E-state index in [4.69, 9.17) is 14.2 Å². The lowest BCUT2D eigenvalue weighted by atomic mass is 10.0. The van der Waals surface area contributed by atoms with Gasteiger partial charge in [-0.05, 0) is 76.7 Å². The van der Waals surface area contributed by atoms with E-state index in [1.54, 1.807) is 42.5 Å². The molecule has 0 amide bonds. The fraction of sp³-hybridized carbons (Fsp3) is 0.176. The molecule has 4 aromatic carbocycles. The van der Waals surface area contributed by atoms with Crippen LogP contribution in [0.2, 0.25) is 0 Å². The summed E-state index contributed by atoms with van der Waals surface area (Å²) < 4.78 is 16.5. The number of carbonyl (C=O) groups is 2. The summed E-state index contributed by atoms with van der Waals surface area (Å²) in [4.78, 5) is 24.9. The first-order valence-corrected chi connectivity index (χ1v) is 13.0. The first-order chi connectivity index (χ1) is 19.0. The van der Waals surface area contributed by atoms with Crippen LogP contribution in [0.25, 0.3) is 22.3 Å². The summed E-state index contributed by atoms with van der Waals surface area (Å²) in [6.45, 7) is 8.65. The molecular weight excluding hydrogens is 488 g/mol. The van der Waals surface area contributed by atoms with Crippen molar-refractivity contribution in [2.24, 2.45) is 5.92 Å². The number of ether oxygens (including phenoxy) is 3. The molecule has 4 aromatic rings. The minimum absolute atomic E-state index is 0.316. The van der Waals surface area contributed by atoms with E-state index in [1.807, 2.05) is 60.7 Å². The maximum Gasteiger partial charge on any atom is 0.343 e. The van der Waals surface area contributed by atoms with Crippen molar-refractivity contribution < 1.29 is 23.8 Å². The van der Waals surface area contributed by atoms with Gasteiger partial charge in [-0.25, -0.2) is 9.59 Å². The number of hydrogen-bond donors (Lipinski definition) is 0. The van der Waals surface area contributed by atoms with Crippen LogP contribution in [0.3, 0.4) is 0 Å². The Labute approximate surface area is 229 Å². The van der Waals surface area contributed by atoms with Crippen LogP contribution in [-0.2, 0) is 4.74 Å². The van der Waals surface area contributed by atoms with Crippen LogP contribution in [0.1, 0.15) is 41.0 Å². The largest absolute Gasteiger partial charge is 0.490 e. The fourth-order valence-electron chi connectivity index (χ4n) is 3.80. The highest BCUT2D eigenvalue weighted by molar-refractivity contribution is 5.92. The second-order valence-corrected chi connectivity index (χ2v) is 9.30. The topological polar surface area (TPSA) is 61.8 Å². The lowest BCUT2D eigenvalue weighted by Gasteiger charge is -2.10. The van der Waals surface area contributed by atoms with Crippen molar-refractivity contribution >= 4 is 11.9 Å². The molecule has 1 unspecified atom stereocenters. The predicted molar refractivity (Wildman–Crippen MR) is 154 cm³/mol. The second kappa shape index (κ2) is 13.2. The van der Waals surface area contributed by atoms with E-state index in [0.717, 1.165) is 34.4 Å². The average Bonchev–Trinajstić information content (AvgIpc) is 2.99. The van der Waals surface area contributed by atoms with Gasteiger partial charge in [0.1, 0.15) is 18.1 Å². The van der Waals surface area contributed by atoms with Gasteiger partial charge in [0, 0.05) is 0 Å². The van der Waals surface area contributed by atoms with Gasteiger partial charge < -0.3 is 14.2 Å². The molecule has 0 aliphatic rings. The zero-order valence-electron chi connectivity index (χ0n) is 22.3. The fourth-order valence-corrected chi connectivity index (χ4v) is 3.80. The molecule has 0 aromatic heterocycles. The third-order valence-electron chi connectivity index (χ3n) is 6.39. The molecule has 0 N–H and O–H groups in total. The molecule has 0 saturated carbocycles. The van der Waals surface area contributed by atoms with Crippen LogP contribution in [0.4, 0.5) is 0 Å². The number of benzene rings is 4. The highest BCUT2D eigenvalue weighted by Gasteiger charge is 2.11. The Morgan fingerprint density at radius 1 is 0.692 bits per heavy atom. The van der Waals surface area contributed by atoms with E-state index in [1.165, 1.54) is 0 Å². The molecule has 0 heterocycles. The van der Waals surface area contributed by atoms with Gasteiger partial charge in [0.05, 0.1) is 17.7 Å². The van der Waals surface area contributed by atoms with Crippen LogP contribution in [-0.4, -0.2) is 25.2 Å². The highest BCUT2D eigenvalue weighted by Crippen LogP contribution is 2.25. The maximum absolute atomic E-state index is 12.7. The lowest BCUT2D eigenvalue weighted by Crippen LogP contribution is -2.11. The maximum atomic E-state index is 12.7. The van der Waals surface area contributed by atoms with E-state index < -0.39 is 5.97 Å². The summed E-state index contributed by atoms with van der Waals surface area (Å²) in [5.41, 5.74) is 4.88. The summed E-state index contributed by atoms with van der Waals surface area (Å²) in [7, 11) is 0. The second-order valence-electron chi connectivity index (χ2n) is 9.30. The molecule has 0 spiro atoms. The third kappa shape index (κ3) is 7.45. The van der Waals surface area contributed by atoms with Crippen LogP contribution in [0, 0.1) is 5.92 Å². The molecule has 0 aliphatic carbocycles. The normalized spacial score (nSPS) is 11.3. The molecule has 0 radical (unpaired) electrons. The van der Waals surface area contributed by atoms with E-state index in [9.17, 15) is 9.59 Å². The minimum Gasteiger partial charge on any atom is -0.490 e. The van der Waals surface area contributed by atoms with Crippen molar-refractivity contribution in [3.63, 3.8) is 0 Å². The zero-order valence-corrected chi connectivity index (χ0v) is 22.3. The Morgan fingerprint density at radius 3 is 1.59 bits per heavy atom. The van der Waals surface area contributed by atoms with Gasteiger partial charge in [-0.15, -0.1) is 0 Å². The van der Waals surface area contributed by atoms with Crippen molar-refractivity contribution in [1.29, 1.82) is 0 Å². The monoisotopic (exact) mass is 520 g/mol. The van der Waals surface area contributed by atoms with Gasteiger partial charge in [0.2, 0.25) is 0 Å². The Balaban J connectivity index is 1.34. The summed E-state index contributed by atoms with van der Waals surface area (Å²) in [5.74, 6) is 0.825. The SMILES string of the molecule is C=CCOc1ccc(-c2ccc(C(=O)Oc3ccc(-c4ccc(C(=O)OCC(C)CC)cc4)cc3)cc2)cc1. The van der Waals surface area contributed by atoms with Gasteiger partial charge >= 0.3 is 11.9 Å². The Morgan fingerprint density at radius 2 is 1.13 bits per heavy atom. The van der Waals surface area contributed by atoms with Gasteiger partial charge in [0.25, 0.3) is 0 Å². The third-order valence-corrected chi connectivity index (χ3v) is 6.39. The minimum atomic E-state index is -0.428. The summed E-state index contributed by atoms with van der Waals surface area (Å²) in [6, 6.07) is 29.6. The quantitative estimate of drug-likeness (QED) is 0.114. The van der Waals surface area contributed by atoms with Gasteiger partial charge in [-0.3, -0.25) is 0 Å². The standard InChI is InChI=1S/C34H32O5/c1-4-22-37-31-18-14-27(15-19-31)26-8-12-30(13-9-26)34(36)39-32-20-16-28(17-21-32)25-6-10-29(11-7-25)33(35)38-23-24(3)5-2/h4,6-21,24H,1,5,22-23H2,2-3H3. The summed E-state index contributed by atoms with van der Waals surface area (Å²) >= 11 is 0. The molecule has 5 heteroatoms. The van der Waals surface area contributed by atoms with Crippen molar-refractivity contribution in [1.82, 2.24) is 0 Å². The van der Waals surface area contributed by atoms with E-state index in [2.05, 4.69) is 20.4 Å². The molecule has 198 valence electrons. The Hall–Kier alpha value is -4.64. The van der Waals surface area contributed by atoms with Crippen molar-refractivity contribution in [2.75, 3.05) is 13.2 Å². The first kappa shape index (κ1) is 27.4. The Bertz CT molecular complexity index is 1390. The summed E-state index contributed by atoms with van der Waals surface area (Å²) in [6.07, 6.45) is 2.67. The number of esters is 2. The molecule has 4 rings (SSSR count). The number of hydrogen-bond acceptors (Lipinski definition) is 5. The van der Waals surface area contributed by atoms with E-state index in [-0.39, 0.29) is 5.97 Å². The van der Waals surface area contributed by atoms with Crippen molar-refractivity contribution in [3.8, 4) is 33.8 Å². The molecule has 5 nitrogen and oxygen atoms in total. The molecule has 39 heavy (non-hydrogen) atoms. The first-order valence-electron chi connectivity index (χ1n) is 13.0. The molecule has 0 saturated heterocycles. The van der Waals surface area contributed by atoms with Gasteiger partial charge in [-0.2, -0.15) is 0 Å². The molecule has 0 fully saturated rings. The highest BCUT2D eigenvalue weighted by atomic mass is 16.5. The molecule has 1 atom stereocenters. The van der Waals surface area contributed by atoms with Crippen molar-refractivity contribution in [3.05, 3.63) is 121 Å². The lowest BCUT2D eigenvalue weighted by molar-refractivity contribution is 0.0447. The molecular formula is C34H32O5. The summed E-state index contributed by atoms with van der Waals surface area (Å²) in [5, 5.41) is 0. The number of carbonyl (C=O) groups excluding carboxylic acids is 2. The van der Waals surface area contributed by atoms with Crippen molar-refractivity contribution in [2.45, 2.75) is 20.3 Å². The average molecular weight is 521 g/mol. The van der Waals surface area contributed by atoms with E-state index >= 15 is 0 Å². The van der Waals surface area contributed by atoms with Crippen LogP contribution < -0.4 is 9.47 Å². The zero-order chi connectivity index (χ0) is 27.6. The molecule has 0 bridgehead atoms. The smallest absolute Gasteiger partial charge is 0.343 e. The van der Waals surface area contributed by atoms with Crippen LogP contribution in [0.15, 0.2) is 110 Å².